The van der Waals surface area contributed by atoms with Crippen LogP contribution in [0.5, 0.6) is 0 Å². The summed E-state index contributed by atoms with van der Waals surface area (Å²) in [6, 6.07) is 4.67. The molecule has 0 radical (unpaired) electrons. The number of hydrogen-bond acceptors (Lipinski definition) is 4. The third kappa shape index (κ3) is 2.31. The van der Waals surface area contributed by atoms with Crippen LogP contribution >= 0.6 is 0 Å². The summed E-state index contributed by atoms with van der Waals surface area (Å²) in [5.74, 6) is 1.29. The number of anilines is 1. The highest BCUT2D eigenvalue weighted by molar-refractivity contribution is 5.55. The average molecular weight is 256 g/mol. The predicted molar refractivity (Wildman–Crippen MR) is 74.8 cm³/mol. The van der Waals surface area contributed by atoms with Crippen molar-refractivity contribution in [1.82, 2.24) is 4.98 Å². The molecule has 2 aliphatic carbocycles. The lowest BCUT2D eigenvalue weighted by atomic mass is 10.0. The van der Waals surface area contributed by atoms with Crippen LogP contribution in [0.15, 0.2) is 6.07 Å². The highest BCUT2D eigenvalue weighted by Gasteiger charge is 2.27. The number of hydrogen-bond donors (Lipinski definition) is 2. The molecule has 3 N–H and O–H groups in total. The molecule has 19 heavy (non-hydrogen) atoms. The first-order chi connectivity index (χ1) is 9.31. The highest BCUT2D eigenvalue weighted by atomic mass is 15.0. The lowest BCUT2D eigenvalue weighted by Crippen LogP contribution is -2.30. The molecule has 0 bridgehead atoms. The van der Waals surface area contributed by atoms with Gasteiger partial charge in [0.1, 0.15) is 11.9 Å². The van der Waals surface area contributed by atoms with E-state index in [2.05, 4.69) is 16.4 Å². The van der Waals surface area contributed by atoms with E-state index >= 15 is 0 Å². The minimum atomic E-state index is 0.379. The van der Waals surface area contributed by atoms with Gasteiger partial charge in [-0.25, -0.2) is 4.98 Å². The molecule has 1 fully saturated rings. The Hall–Kier alpha value is -1.60. The molecular formula is C15H20N4. The van der Waals surface area contributed by atoms with Crippen LogP contribution in [0.4, 0.5) is 5.82 Å². The predicted octanol–water partition coefficient (Wildman–Crippen LogP) is 1.98. The summed E-state index contributed by atoms with van der Waals surface area (Å²) in [6.45, 7) is 0.713. The lowest BCUT2D eigenvalue weighted by molar-refractivity contribution is 0.515. The fourth-order valence-corrected chi connectivity index (χ4v) is 3.35. The topological polar surface area (TPSA) is 74.7 Å². The Labute approximate surface area is 114 Å². The second-order valence-electron chi connectivity index (χ2n) is 5.63. The van der Waals surface area contributed by atoms with Crippen molar-refractivity contribution < 1.29 is 0 Å². The smallest absolute Gasteiger partial charge is 0.144 e. The van der Waals surface area contributed by atoms with E-state index < -0.39 is 0 Å². The monoisotopic (exact) mass is 256 g/mol. The maximum Gasteiger partial charge on any atom is 0.144 e. The first-order valence-corrected chi connectivity index (χ1v) is 7.21. The molecule has 2 unspecified atom stereocenters. The van der Waals surface area contributed by atoms with Crippen LogP contribution in [0, 0.1) is 17.2 Å². The molecule has 100 valence electrons. The molecule has 4 nitrogen and oxygen atoms in total. The van der Waals surface area contributed by atoms with Crippen molar-refractivity contribution in [1.29, 1.82) is 5.26 Å². The number of nitriles is 1. The Morgan fingerprint density at radius 1 is 1.37 bits per heavy atom. The van der Waals surface area contributed by atoms with Crippen molar-refractivity contribution in [2.45, 2.75) is 44.6 Å². The second kappa shape index (κ2) is 5.18. The van der Waals surface area contributed by atoms with Crippen LogP contribution in [-0.2, 0) is 12.8 Å². The van der Waals surface area contributed by atoms with Gasteiger partial charge >= 0.3 is 0 Å². The van der Waals surface area contributed by atoms with Gasteiger partial charge in [-0.3, -0.25) is 0 Å². The molecule has 2 aliphatic rings. The van der Waals surface area contributed by atoms with Gasteiger partial charge in [0.2, 0.25) is 0 Å². The average Bonchev–Trinajstić information content (AvgIpc) is 3.05. The Morgan fingerprint density at radius 3 is 3.05 bits per heavy atom. The molecule has 0 spiro atoms. The van der Waals surface area contributed by atoms with Crippen molar-refractivity contribution in [3.05, 3.63) is 22.9 Å². The van der Waals surface area contributed by atoms with E-state index in [9.17, 15) is 5.26 Å². The fourth-order valence-electron chi connectivity index (χ4n) is 3.35. The minimum Gasteiger partial charge on any atom is -0.366 e. The van der Waals surface area contributed by atoms with Gasteiger partial charge in [-0.1, -0.05) is 6.42 Å². The lowest BCUT2D eigenvalue weighted by Gasteiger charge is -2.21. The van der Waals surface area contributed by atoms with Crippen LogP contribution < -0.4 is 11.1 Å². The zero-order chi connectivity index (χ0) is 13.2. The highest BCUT2D eigenvalue weighted by Crippen LogP contribution is 2.30. The molecule has 0 aromatic carbocycles. The van der Waals surface area contributed by atoms with Gasteiger partial charge in [-0.05, 0) is 56.2 Å². The van der Waals surface area contributed by atoms with Gasteiger partial charge in [-0.15, -0.1) is 0 Å². The number of pyridine rings is 1. The third-order valence-corrected chi connectivity index (χ3v) is 4.46. The van der Waals surface area contributed by atoms with Crippen molar-refractivity contribution in [3.63, 3.8) is 0 Å². The first kappa shape index (κ1) is 12.4. The zero-order valence-corrected chi connectivity index (χ0v) is 11.2. The first-order valence-electron chi connectivity index (χ1n) is 7.21. The molecule has 1 aromatic rings. The number of rotatable bonds is 3. The standard InChI is InChI=1S/C15H20N4/c16-8-11-4-2-6-14(11)19-15-12(9-17)7-10-3-1-5-13(10)18-15/h7,11,14H,1-6,8,16H2,(H,18,19). The van der Waals surface area contributed by atoms with Crippen LogP contribution in [0.25, 0.3) is 0 Å². The molecule has 1 heterocycles. The molecule has 3 rings (SSSR count). The number of aryl methyl sites for hydroxylation is 2. The Morgan fingerprint density at radius 2 is 2.26 bits per heavy atom. The number of nitrogens with zero attached hydrogens (tertiary/aromatic N) is 2. The molecule has 0 amide bonds. The van der Waals surface area contributed by atoms with Gasteiger partial charge in [0.25, 0.3) is 0 Å². The summed E-state index contributed by atoms with van der Waals surface area (Å²) in [4.78, 5) is 4.68. The summed E-state index contributed by atoms with van der Waals surface area (Å²) < 4.78 is 0. The Balaban J connectivity index is 1.86. The van der Waals surface area contributed by atoms with Crippen molar-refractivity contribution in [3.8, 4) is 6.07 Å². The normalized spacial score (nSPS) is 25.1. The SMILES string of the molecule is N#Cc1cc2c(nc1NC1CCCC1CN)CCC2. The summed E-state index contributed by atoms with van der Waals surface area (Å²) in [6.07, 6.45) is 6.79. The minimum absolute atomic E-state index is 0.379. The number of fused-ring (bicyclic) bond motifs is 1. The summed E-state index contributed by atoms with van der Waals surface area (Å²) >= 11 is 0. The van der Waals surface area contributed by atoms with Gasteiger partial charge in [0, 0.05) is 11.7 Å². The molecular weight excluding hydrogens is 236 g/mol. The Bertz CT molecular complexity index is 518. The maximum absolute atomic E-state index is 9.29. The molecule has 2 atom stereocenters. The van der Waals surface area contributed by atoms with Crippen LogP contribution in [0.3, 0.4) is 0 Å². The van der Waals surface area contributed by atoms with Crippen molar-refractivity contribution in [2.75, 3.05) is 11.9 Å². The van der Waals surface area contributed by atoms with Gasteiger partial charge in [0.05, 0.1) is 5.56 Å². The van der Waals surface area contributed by atoms with Crippen molar-refractivity contribution >= 4 is 5.82 Å². The number of nitrogens with one attached hydrogen (secondary N) is 1. The third-order valence-electron chi connectivity index (χ3n) is 4.46. The quantitative estimate of drug-likeness (QED) is 0.867. The summed E-state index contributed by atoms with van der Waals surface area (Å²) in [5, 5.41) is 12.8. The van der Waals surface area contributed by atoms with Gasteiger partial charge in [-0.2, -0.15) is 5.26 Å². The van der Waals surface area contributed by atoms with Crippen LogP contribution in [0.2, 0.25) is 0 Å². The van der Waals surface area contributed by atoms with Crippen LogP contribution in [0.1, 0.15) is 42.5 Å². The fraction of sp³-hybridized carbons (Fsp3) is 0.600. The van der Waals surface area contributed by atoms with Crippen LogP contribution in [-0.4, -0.2) is 17.6 Å². The summed E-state index contributed by atoms with van der Waals surface area (Å²) in [7, 11) is 0. The molecule has 4 heteroatoms. The number of nitrogens with two attached hydrogens (primary N) is 1. The second-order valence-corrected chi connectivity index (χ2v) is 5.63. The maximum atomic E-state index is 9.29. The van der Waals surface area contributed by atoms with E-state index in [4.69, 9.17) is 5.73 Å². The van der Waals surface area contributed by atoms with Gasteiger partial charge in [0.15, 0.2) is 0 Å². The van der Waals surface area contributed by atoms with Crippen molar-refractivity contribution in [2.24, 2.45) is 11.7 Å². The summed E-state index contributed by atoms with van der Waals surface area (Å²) in [5.41, 5.74) is 8.92. The molecule has 0 aliphatic heterocycles. The molecule has 1 aromatic heterocycles. The molecule has 1 saturated carbocycles. The Kier molecular flexibility index (Phi) is 3.39. The van der Waals surface area contributed by atoms with E-state index in [1.54, 1.807) is 0 Å². The van der Waals surface area contributed by atoms with E-state index in [-0.39, 0.29) is 0 Å². The zero-order valence-electron chi connectivity index (χ0n) is 11.2. The molecule has 0 saturated heterocycles. The number of aromatic nitrogens is 1. The van der Waals surface area contributed by atoms with E-state index in [1.165, 1.54) is 24.1 Å². The van der Waals surface area contributed by atoms with E-state index in [1.807, 2.05) is 6.07 Å². The van der Waals surface area contributed by atoms with E-state index in [0.717, 1.165) is 31.5 Å². The van der Waals surface area contributed by atoms with E-state index in [0.29, 0.717) is 24.1 Å². The van der Waals surface area contributed by atoms with Gasteiger partial charge < -0.3 is 11.1 Å². The largest absolute Gasteiger partial charge is 0.366 e.